The molecule has 0 fully saturated rings. The summed E-state index contributed by atoms with van der Waals surface area (Å²) in [4.78, 5) is 27.8. The van der Waals surface area contributed by atoms with Crippen molar-refractivity contribution < 1.29 is 9.59 Å². The Labute approximate surface area is 189 Å². The number of nitrogens with zero attached hydrogens (tertiary/aromatic N) is 1. The van der Waals surface area contributed by atoms with Crippen molar-refractivity contribution in [3.05, 3.63) is 68.7 Å². The number of amides is 2. The normalized spacial score (nSPS) is 12.0. The van der Waals surface area contributed by atoms with Gasteiger partial charge in [-0.05, 0) is 68.5 Å². The van der Waals surface area contributed by atoms with Crippen molar-refractivity contribution in [3.63, 3.8) is 0 Å². The fourth-order valence-corrected chi connectivity index (χ4v) is 3.65. The zero-order valence-electron chi connectivity index (χ0n) is 18.3. The van der Waals surface area contributed by atoms with Crippen molar-refractivity contribution in [2.75, 3.05) is 0 Å². The first-order valence-electron chi connectivity index (χ1n) is 10.2. The lowest BCUT2D eigenvalue weighted by atomic mass is 10.0. The molecule has 0 radical (unpaired) electrons. The molecule has 30 heavy (non-hydrogen) atoms. The second kappa shape index (κ2) is 10.8. The van der Waals surface area contributed by atoms with E-state index in [-0.39, 0.29) is 30.8 Å². The van der Waals surface area contributed by atoms with Gasteiger partial charge in [0.05, 0.1) is 16.5 Å². The van der Waals surface area contributed by atoms with Gasteiger partial charge in [0.25, 0.3) is 0 Å². The molecule has 1 N–H and O–H groups in total. The number of halogens is 2. The van der Waals surface area contributed by atoms with E-state index in [4.69, 9.17) is 23.2 Å². The number of carbonyl (C=O) groups is 2. The molecule has 0 aliphatic heterocycles. The minimum Gasteiger partial charge on any atom is -0.352 e. The molecule has 0 aliphatic rings. The van der Waals surface area contributed by atoms with Crippen LogP contribution in [0.25, 0.3) is 0 Å². The predicted molar refractivity (Wildman–Crippen MR) is 124 cm³/mol. The first-order chi connectivity index (χ1) is 14.1. The fraction of sp³-hybridized carbons (Fsp3) is 0.417. The van der Waals surface area contributed by atoms with Gasteiger partial charge in [0, 0.05) is 12.6 Å². The molecule has 0 saturated carbocycles. The highest BCUT2D eigenvalue weighted by molar-refractivity contribution is 6.42. The van der Waals surface area contributed by atoms with Crippen LogP contribution in [0.4, 0.5) is 0 Å². The quantitative estimate of drug-likeness (QED) is 0.580. The molecule has 6 heteroatoms. The van der Waals surface area contributed by atoms with Crippen molar-refractivity contribution >= 4 is 35.0 Å². The van der Waals surface area contributed by atoms with E-state index in [0.717, 1.165) is 16.7 Å². The Morgan fingerprint density at radius 2 is 1.63 bits per heavy atom. The Morgan fingerprint density at radius 3 is 2.20 bits per heavy atom. The smallest absolute Gasteiger partial charge is 0.243 e. The van der Waals surface area contributed by atoms with E-state index in [2.05, 4.69) is 5.32 Å². The summed E-state index contributed by atoms with van der Waals surface area (Å²) in [6.45, 7) is 10.1. The molecule has 0 spiro atoms. The number of benzene rings is 2. The molecular formula is C24H30Cl2N2O2. The molecule has 0 heterocycles. The van der Waals surface area contributed by atoms with Gasteiger partial charge in [-0.1, -0.05) is 54.4 Å². The average molecular weight is 449 g/mol. The lowest BCUT2D eigenvalue weighted by Crippen LogP contribution is -2.50. The summed E-state index contributed by atoms with van der Waals surface area (Å²) in [6.07, 6.45) is 0.743. The molecule has 4 nitrogen and oxygen atoms in total. The maximum absolute atomic E-state index is 13.3. The molecule has 1 unspecified atom stereocenters. The first kappa shape index (κ1) is 24.2. The standard InChI is InChI=1S/C24H30Cl2N2O2/c1-6-22(24(30)27-15(2)3)28(14-19-9-10-20(25)21(26)12-19)23(29)13-18-8-7-16(4)17(5)11-18/h7-12,15,22H,6,13-14H2,1-5H3,(H,27,30). The van der Waals surface area contributed by atoms with Gasteiger partial charge in [-0.25, -0.2) is 0 Å². The number of hydrogen-bond donors (Lipinski definition) is 1. The van der Waals surface area contributed by atoms with Gasteiger partial charge in [-0.15, -0.1) is 0 Å². The zero-order chi connectivity index (χ0) is 22.4. The van der Waals surface area contributed by atoms with Crippen LogP contribution in [0, 0.1) is 13.8 Å². The third-order valence-electron chi connectivity index (χ3n) is 5.08. The van der Waals surface area contributed by atoms with Gasteiger partial charge in [-0.3, -0.25) is 9.59 Å². The van der Waals surface area contributed by atoms with Crippen molar-refractivity contribution in [2.45, 2.75) is 66.1 Å². The van der Waals surface area contributed by atoms with E-state index in [1.165, 1.54) is 5.56 Å². The predicted octanol–water partition coefficient (Wildman–Crippen LogP) is 5.48. The third-order valence-corrected chi connectivity index (χ3v) is 5.82. The number of aryl methyl sites for hydroxylation is 2. The summed E-state index contributed by atoms with van der Waals surface area (Å²) in [5.74, 6) is -0.254. The maximum atomic E-state index is 13.3. The molecule has 0 aromatic heterocycles. The highest BCUT2D eigenvalue weighted by Gasteiger charge is 2.29. The van der Waals surface area contributed by atoms with Crippen LogP contribution in [0.3, 0.4) is 0 Å². The minimum atomic E-state index is -0.569. The molecule has 2 rings (SSSR count). The van der Waals surface area contributed by atoms with Gasteiger partial charge >= 0.3 is 0 Å². The van der Waals surface area contributed by atoms with Crippen LogP contribution < -0.4 is 5.32 Å². The second-order valence-electron chi connectivity index (χ2n) is 7.95. The molecule has 2 aromatic rings. The van der Waals surface area contributed by atoms with Gasteiger partial charge in [0.2, 0.25) is 11.8 Å². The Kier molecular flexibility index (Phi) is 8.75. The summed E-state index contributed by atoms with van der Waals surface area (Å²) in [7, 11) is 0. The molecule has 2 aromatic carbocycles. The second-order valence-corrected chi connectivity index (χ2v) is 8.77. The topological polar surface area (TPSA) is 49.4 Å². The van der Waals surface area contributed by atoms with Crippen LogP contribution in [0.5, 0.6) is 0 Å². The molecular weight excluding hydrogens is 419 g/mol. The SMILES string of the molecule is CCC(C(=O)NC(C)C)N(Cc1ccc(Cl)c(Cl)c1)C(=O)Cc1ccc(C)c(C)c1. The summed E-state index contributed by atoms with van der Waals surface area (Å²) in [5, 5.41) is 3.82. The molecule has 0 saturated heterocycles. The molecule has 2 amide bonds. The molecule has 0 bridgehead atoms. The summed E-state index contributed by atoms with van der Waals surface area (Å²) in [6, 6.07) is 10.7. The van der Waals surface area contributed by atoms with Crippen LogP contribution in [0.2, 0.25) is 10.0 Å². The molecule has 1 atom stereocenters. The highest BCUT2D eigenvalue weighted by Crippen LogP contribution is 2.24. The largest absolute Gasteiger partial charge is 0.352 e. The van der Waals surface area contributed by atoms with Crippen molar-refractivity contribution in [2.24, 2.45) is 0 Å². The Morgan fingerprint density at radius 1 is 0.967 bits per heavy atom. The van der Waals surface area contributed by atoms with Gasteiger partial charge in [-0.2, -0.15) is 0 Å². The summed E-state index contributed by atoms with van der Waals surface area (Å²) in [5.41, 5.74) is 4.08. The van der Waals surface area contributed by atoms with Crippen LogP contribution in [0.1, 0.15) is 49.4 Å². The zero-order valence-corrected chi connectivity index (χ0v) is 19.8. The summed E-state index contributed by atoms with van der Waals surface area (Å²) >= 11 is 12.2. The lowest BCUT2D eigenvalue weighted by Gasteiger charge is -2.31. The average Bonchev–Trinajstić information content (AvgIpc) is 2.66. The number of nitrogens with one attached hydrogen (secondary N) is 1. The number of rotatable bonds is 8. The fourth-order valence-electron chi connectivity index (χ4n) is 3.32. The van der Waals surface area contributed by atoms with Gasteiger partial charge in [0.1, 0.15) is 6.04 Å². The van der Waals surface area contributed by atoms with Crippen molar-refractivity contribution in [1.29, 1.82) is 0 Å². The van der Waals surface area contributed by atoms with Crippen molar-refractivity contribution in [3.8, 4) is 0 Å². The van der Waals surface area contributed by atoms with Crippen LogP contribution in [-0.2, 0) is 22.6 Å². The first-order valence-corrected chi connectivity index (χ1v) is 11.0. The highest BCUT2D eigenvalue weighted by atomic mass is 35.5. The summed E-state index contributed by atoms with van der Waals surface area (Å²) < 4.78 is 0. The van der Waals surface area contributed by atoms with Gasteiger partial charge < -0.3 is 10.2 Å². The Bertz CT molecular complexity index is 912. The van der Waals surface area contributed by atoms with Crippen molar-refractivity contribution in [1.82, 2.24) is 10.2 Å². The van der Waals surface area contributed by atoms with E-state index >= 15 is 0 Å². The maximum Gasteiger partial charge on any atom is 0.243 e. The Hall–Kier alpha value is -2.04. The van der Waals surface area contributed by atoms with Crippen LogP contribution >= 0.6 is 23.2 Å². The Balaban J connectivity index is 2.34. The van der Waals surface area contributed by atoms with E-state index in [0.29, 0.717) is 16.5 Å². The number of hydrogen-bond acceptors (Lipinski definition) is 2. The van der Waals surface area contributed by atoms with E-state index in [1.54, 1.807) is 17.0 Å². The lowest BCUT2D eigenvalue weighted by molar-refractivity contribution is -0.141. The van der Waals surface area contributed by atoms with E-state index in [1.807, 2.05) is 58.9 Å². The molecule has 0 aliphatic carbocycles. The van der Waals surface area contributed by atoms with E-state index < -0.39 is 6.04 Å². The van der Waals surface area contributed by atoms with E-state index in [9.17, 15) is 9.59 Å². The minimum absolute atomic E-state index is 0.00627. The van der Waals surface area contributed by atoms with Gasteiger partial charge in [0.15, 0.2) is 0 Å². The van der Waals surface area contributed by atoms with Crippen LogP contribution in [-0.4, -0.2) is 28.8 Å². The van der Waals surface area contributed by atoms with Crippen LogP contribution in [0.15, 0.2) is 36.4 Å². The number of carbonyl (C=O) groups excluding carboxylic acids is 2. The molecule has 162 valence electrons. The third kappa shape index (κ3) is 6.48. The monoisotopic (exact) mass is 448 g/mol.